The van der Waals surface area contributed by atoms with Crippen LogP contribution in [-0.4, -0.2) is 46.8 Å². The van der Waals surface area contributed by atoms with E-state index in [1.807, 2.05) is 6.92 Å². The van der Waals surface area contributed by atoms with E-state index < -0.39 is 17.9 Å². The molecule has 0 saturated carbocycles. The SMILES string of the molecule is C=CCN(C(=O)c1ccco1)C(C)C(=O)c1c(C)c(C(=O)OC)n(CC)c1C. The Morgan fingerprint density at radius 2 is 2.04 bits per heavy atom. The van der Waals surface area contributed by atoms with Crippen molar-refractivity contribution in [3.63, 3.8) is 0 Å². The number of ketones is 1. The number of hydrogen-bond donors (Lipinski definition) is 0. The highest BCUT2D eigenvalue weighted by Gasteiger charge is 2.33. The average Bonchev–Trinajstić information content (AvgIpc) is 3.30. The van der Waals surface area contributed by atoms with Gasteiger partial charge in [-0.05, 0) is 45.4 Å². The number of amides is 1. The third kappa shape index (κ3) is 3.65. The number of carbonyl (C=O) groups is 3. The molecule has 28 heavy (non-hydrogen) atoms. The number of rotatable bonds is 8. The summed E-state index contributed by atoms with van der Waals surface area (Å²) in [4.78, 5) is 39.7. The van der Waals surface area contributed by atoms with Gasteiger partial charge < -0.3 is 18.6 Å². The molecule has 0 aliphatic heterocycles. The number of nitrogens with zero attached hydrogens (tertiary/aromatic N) is 2. The maximum absolute atomic E-state index is 13.3. The molecule has 0 bridgehead atoms. The highest BCUT2D eigenvalue weighted by atomic mass is 16.5. The quantitative estimate of drug-likeness (QED) is 0.394. The Kier molecular flexibility index (Phi) is 6.62. The van der Waals surface area contributed by atoms with E-state index in [2.05, 4.69) is 6.58 Å². The monoisotopic (exact) mass is 386 g/mol. The van der Waals surface area contributed by atoms with E-state index in [0.717, 1.165) is 0 Å². The minimum absolute atomic E-state index is 0.149. The van der Waals surface area contributed by atoms with E-state index in [1.54, 1.807) is 43.5 Å². The zero-order chi connectivity index (χ0) is 21.0. The van der Waals surface area contributed by atoms with Crippen molar-refractivity contribution in [2.45, 2.75) is 40.3 Å². The van der Waals surface area contributed by atoms with E-state index in [9.17, 15) is 14.4 Å². The highest BCUT2D eigenvalue weighted by molar-refractivity contribution is 6.07. The van der Waals surface area contributed by atoms with Gasteiger partial charge in [0.2, 0.25) is 0 Å². The predicted octanol–water partition coefficient (Wildman–Crippen LogP) is 3.40. The van der Waals surface area contributed by atoms with Crippen molar-refractivity contribution in [3.8, 4) is 0 Å². The number of esters is 1. The number of carbonyl (C=O) groups excluding carboxylic acids is 3. The first-order chi connectivity index (χ1) is 13.3. The Morgan fingerprint density at radius 1 is 1.36 bits per heavy atom. The molecule has 1 amide bonds. The highest BCUT2D eigenvalue weighted by Crippen LogP contribution is 2.26. The fourth-order valence-electron chi connectivity index (χ4n) is 3.46. The van der Waals surface area contributed by atoms with E-state index in [-0.39, 0.29) is 18.1 Å². The normalized spacial score (nSPS) is 11.8. The zero-order valence-corrected chi connectivity index (χ0v) is 16.9. The fraction of sp³-hybridized carbons (Fsp3) is 0.381. The summed E-state index contributed by atoms with van der Waals surface area (Å²) >= 11 is 0. The first kappa shape index (κ1) is 21.2. The number of furan rings is 1. The first-order valence-corrected chi connectivity index (χ1v) is 9.07. The third-order valence-electron chi connectivity index (χ3n) is 4.87. The topological polar surface area (TPSA) is 81.8 Å². The van der Waals surface area contributed by atoms with E-state index >= 15 is 0 Å². The lowest BCUT2D eigenvalue weighted by atomic mass is 9.99. The summed E-state index contributed by atoms with van der Waals surface area (Å²) in [6, 6.07) is 2.39. The second-order valence-electron chi connectivity index (χ2n) is 6.43. The van der Waals surface area contributed by atoms with Gasteiger partial charge in [0.05, 0.1) is 19.4 Å². The Hall–Kier alpha value is -3.09. The molecule has 0 aliphatic carbocycles. The van der Waals surface area contributed by atoms with Crippen LogP contribution in [0.4, 0.5) is 0 Å². The Bertz CT molecular complexity index is 893. The van der Waals surface area contributed by atoms with Crippen LogP contribution in [-0.2, 0) is 11.3 Å². The van der Waals surface area contributed by atoms with Crippen LogP contribution in [0, 0.1) is 13.8 Å². The summed E-state index contributed by atoms with van der Waals surface area (Å²) in [5, 5.41) is 0. The molecule has 0 radical (unpaired) electrons. The Labute approximate surface area is 164 Å². The van der Waals surface area contributed by atoms with Gasteiger partial charge in [-0.3, -0.25) is 9.59 Å². The molecule has 0 fully saturated rings. The molecule has 2 heterocycles. The van der Waals surface area contributed by atoms with Gasteiger partial charge >= 0.3 is 5.97 Å². The molecule has 0 aromatic carbocycles. The van der Waals surface area contributed by atoms with Crippen LogP contribution in [0.5, 0.6) is 0 Å². The van der Waals surface area contributed by atoms with Crippen molar-refractivity contribution in [1.29, 1.82) is 0 Å². The molecule has 7 nitrogen and oxygen atoms in total. The van der Waals surface area contributed by atoms with E-state index in [4.69, 9.17) is 9.15 Å². The summed E-state index contributed by atoms with van der Waals surface area (Å²) in [6.07, 6.45) is 2.96. The maximum atomic E-state index is 13.3. The van der Waals surface area contributed by atoms with Gasteiger partial charge in [-0.15, -0.1) is 6.58 Å². The van der Waals surface area contributed by atoms with Crippen LogP contribution < -0.4 is 0 Å². The zero-order valence-electron chi connectivity index (χ0n) is 16.9. The molecule has 2 rings (SSSR count). The van der Waals surface area contributed by atoms with Crippen LogP contribution in [0.2, 0.25) is 0 Å². The number of aromatic nitrogens is 1. The summed E-state index contributed by atoms with van der Waals surface area (Å²) < 4.78 is 11.8. The number of hydrogen-bond acceptors (Lipinski definition) is 5. The van der Waals surface area contributed by atoms with Gasteiger partial charge in [-0.2, -0.15) is 0 Å². The molecule has 0 N–H and O–H groups in total. The Morgan fingerprint density at radius 3 is 2.54 bits per heavy atom. The van der Waals surface area contributed by atoms with Crippen molar-refractivity contribution in [2.24, 2.45) is 0 Å². The number of methoxy groups -OCH3 is 1. The van der Waals surface area contributed by atoms with Gasteiger partial charge in [0, 0.05) is 24.3 Å². The summed E-state index contributed by atoms with van der Waals surface area (Å²) in [7, 11) is 1.31. The van der Waals surface area contributed by atoms with E-state index in [0.29, 0.717) is 29.1 Å². The molecular weight excluding hydrogens is 360 g/mol. The molecule has 1 unspecified atom stereocenters. The lowest BCUT2D eigenvalue weighted by Crippen LogP contribution is -2.43. The van der Waals surface area contributed by atoms with Gasteiger partial charge in [-0.1, -0.05) is 6.08 Å². The third-order valence-corrected chi connectivity index (χ3v) is 4.87. The lowest BCUT2D eigenvalue weighted by Gasteiger charge is -2.26. The number of ether oxygens (including phenoxy) is 1. The standard InChI is InChI=1S/C21H26N2O5/c1-7-11-23(20(25)16-10-9-12-28-16)15(5)19(24)17-13(3)18(21(26)27-6)22(8-2)14(17)4/h7,9-10,12,15H,1,8,11H2,2-6H3. The largest absolute Gasteiger partial charge is 0.464 e. The van der Waals surface area contributed by atoms with Gasteiger partial charge in [0.25, 0.3) is 5.91 Å². The van der Waals surface area contributed by atoms with E-state index in [1.165, 1.54) is 18.3 Å². The summed E-state index contributed by atoms with van der Waals surface area (Å²) in [5.41, 5.74) is 2.00. The molecule has 0 saturated heterocycles. The minimum Gasteiger partial charge on any atom is -0.464 e. The average molecular weight is 386 g/mol. The second kappa shape index (κ2) is 8.73. The maximum Gasteiger partial charge on any atom is 0.354 e. The van der Waals surface area contributed by atoms with Crippen LogP contribution in [0.3, 0.4) is 0 Å². The summed E-state index contributed by atoms with van der Waals surface area (Å²) in [6.45, 7) is 11.4. The smallest absolute Gasteiger partial charge is 0.354 e. The van der Waals surface area contributed by atoms with Crippen molar-refractivity contribution >= 4 is 17.7 Å². The minimum atomic E-state index is -0.772. The Balaban J connectivity index is 2.48. The molecule has 0 spiro atoms. The van der Waals surface area contributed by atoms with Crippen LogP contribution in [0.1, 0.15) is 56.5 Å². The molecule has 150 valence electrons. The second-order valence-corrected chi connectivity index (χ2v) is 6.43. The van der Waals surface area contributed by atoms with Gasteiger partial charge in [-0.25, -0.2) is 4.79 Å². The molecular formula is C21H26N2O5. The number of Topliss-reactive ketones (excluding diaryl/α,β-unsaturated/α-hetero) is 1. The predicted molar refractivity (Wildman–Crippen MR) is 105 cm³/mol. The van der Waals surface area contributed by atoms with Crippen LogP contribution in [0.25, 0.3) is 0 Å². The van der Waals surface area contributed by atoms with Crippen molar-refractivity contribution < 1.29 is 23.5 Å². The van der Waals surface area contributed by atoms with Crippen LogP contribution in [0.15, 0.2) is 35.5 Å². The fourth-order valence-corrected chi connectivity index (χ4v) is 3.46. The van der Waals surface area contributed by atoms with Gasteiger partial charge in [0.1, 0.15) is 5.69 Å². The lowest BCUT2D eigenvalue weighted by molar-refractivity contribution is 0.0586. The van der Waals surface area contributed by atoms with Crippen molar-refractivity contribution in [2.75, 3.05) is 13.7 Å². The molecule has 0 aliphatic rings. The molecule has 1 atom stereocenters. The van der Waals surface area contributed by atoms with Gasteiger partial charge in [0.15, 0.2) is 11.5 Å². The molecule has 7 heteroatoms. The molecule has 2 aromatic heterocycles. The van der Waals surface area contributed by atoms with Crippen molar-refractivity contribution in [1.82, 2.24) is 9.47 Å². The molecule has 2 aromatic rings. The van der Waals surface area contributed by atoms with Crippen LogP contribution >= 0.6 is 0 Å². The van der Waals surface area contributed by atoms with Crippen molar-refractivity contribution in [3.05, 3.63) is 59.3 Å². The first-order valence-electron chi connectivity index (χ1n) is 9.07. The summed E-state index contributed by atoms with van der Waals surface area (Å²) in [5.74, 6) is -1.00.